The summed E-state index contributed by atoms with van der Waals surface area (Å²) in [6.45, 7) is 5.55. The minimum atomic E-state index is -3.22. The lowest BCUT2D eigenvalue weighted by Crippen LogP contribution is -2.48. The first-order valence-electron chi connectivity index (χ1n) is 14.9. The normalized spacial score (nSPS) is 24.0. The van der Waals surface area contributed by atoms with E-state index in [4.69, 9.17) is 19.3 Å². The third kappa shape index (κ3) is 6.69. The number of fused-ring (bicyclic) bond motifs is 1. The van der Waals surface area contributed by atoms with Gasteiger partial charge in [0.05, 0.1) is 49.4 Å². The summed E-state index contributed by atoms with van der Waals surface area (Å²) in [5.74, 6) is -5.09. The van der Waals surface area contributed by atoms with Gasteiger partial charge in [-0.05, 0) is 51.3 Å². The molecular weight excluding hydrogens is 627 g/mol. The molecule has 1 unspecified atom stereocenters. The fourth-order valence-electron chi connectivity index (χ4n) is 6.20. The van der Waals surface area contributed by atoms with E-state index in [0.29, 0.717) is 27.7 Å². The van der Waals surface area contributed by atoms with Crippen molar-refractivity contribution in [2.75, 3.05) is 40.0 Å². The van der Waals surface area contributed by atoms with Crippen molar-refractivity contribution in [2.24, 2.45) is 10.4 Å². The number of carboxylic acid groups (broad SMARTS) is 1. The van der Waals surface area contributed by atoms with Crippen LogP contribution in [0.15, 0.2) is 46.0 Å². The number of ether oxygens (including phenoxy) is 2. The number of hydrogen-bond donors (Lipinski definition) is 2. The first-order valence-corrected chi connectivity index (χ1v) is 15.8. The Morgan fingerprint density at radius 3 is 2.74 bits per heavy atom. The van der Waals surface area contributed by atoms with E-state index >= 15 is 8.78 Å². The Bertz CT molecular complexity index is 1520. The summed E-state index contributed by atoms with van der Waals surface area (Å²) in [6.07, 6.45) is 1.00. The predicted octanol–water partition coefficient (Wildman–Crippen LogP) is 3.95. The number of halogens is 3. The number of carbonyl (C=O) groups is 2. The molecule has 0 bridgehead atoms. The van der Waals surface area contributed by atoms with E-state index in [9.17, 15) is 19.1 Å². The van der Waals surface area contributed by atoms with Gasteiger partial charge in [0.15, 0.2) is 10.8 Å². The number of rotatable bonds is 12. The number of hydroxylamine groups is 2. The van der Waals surface area contributed by atoms with Gasteiger partial charge < -0.3 is 19.9 Å². The number of amidine groups is 1. The minimum Gasteiger partial charge on any atom is -0.481 e. The van der Waals surface area contributed by atoms with E-state index in [1.165, 1.54) is 35.6 Å². The van der Waals surface area contributed by atoms with Crippen LogP contribution in [0.2, 0.25) is 0 Å². The van der Waals surface area contributed by atoms with Crippen molar-refractivity contribution in [1.29, 1.82) is 0 Å². The van der Waals surface area contributed by atoms with Gasteiger partial charge in [-0.3, -0.25) is 19.5 Å². The first-order chi connectivity index (χ1) is 21.8. The lowest BCUT2D eigenvalue weighted by molar-refractivity contribution is -0.197. The molecule has 2 aromatic rings. The van der Waals surface area contributed by atoms with Crippen LogP contribution in [0.1, 0.15) is 49.4 Å². The largest absolute Gasteiger partial charge is 0.481 e. The number of aromatic nitrogens is 1. The van der Waals surface area contributed by atoms with Gasteiger partial charge in [0.25, 0.3) is 5.92 Å². The maximum atomic E-state index is 15.8. The maximum absolute atomic E-state index is 15.8. The second-order valence-corrected chi connectivity index (χ2v) is 13.1. The van der Waals surface area contributed by atoms with Crippen molar-refractivity contribution in [3.05, 3.63) is 63.0 Å². The van der Waals surface area contributed by atoms with E-state index in [0.717, 1.165) is 0 Å². The number of aliphatic imine (C=N–C) groups is 1. The van der Waals surface area contributed by atoms with Crippen molar-refractivity contribution in [1.82, 2.24) is 20.3 Å². The SMILES string of the molecule is CCOC(=O)C1=C(CN2CC(F)(F)[C@@H]3[C@H]2CON3CC(CC(C)(C)C(=O)O)OC)NC(c2nccs2)=N[C@H]1c1cccc(F)c1C. The molecule has 0 saturated carbocycles. The number of aliphatic carboxylic acids is 1. The van der Waals surface area contributed by atoms with E-state index in [1.807, 2.05) is 0 Å². The van der Waals surface area contributed by atoms with Crippen molar-refractivity contribution in [3.63, 3.8) is 0 Å². The van der Waals surface area contributed by atoms with Gasteiger partial charge in [-0.15, -0.1) is 11.3 Å². The van der Waals surface area contributed by atoms with E-state index < -0.39 is 59.9 Å². The Labute approximate surface area is 269 Å². The fourth-order valence-corrected chi connectivity index (χ4v) is 6.79. The Kier molecular flexibility index (Phi) is 9.89. The quantitative estimate of drug-likeness (QED) is 0.322. The van der Waals surface area contributed by atoms with Crippen LogP contribution in [0.3, 0.4) is 0 Å². The van der Waals surface area contributed by atoms with Crippen LogP contribution in [0.5, 0.6) is 0 Å². The predicted molar refractivity (Wildman–Crippen MR) is 163 cm³/mol. The summed E-state index contributed by atoms with van der Waals surface area (Å²) in [5.41, 5.74) is -0.0241. The molecule has 2 saturated heterocycles. The topological polar surface area (TPSA) is 126 Å². The molecule has 0 amide bonds. The molecule has 1 aromatic carbocycles. The number of nitrogens with one attached hydrogen (secondary N) is 1. The number of likely N-dealkylation sites (tertiary alicyclic amines) is 1. The lowest BCUT2D eigenvalue weighted by Gasteiger charge is -2.31. The summed E-state index contributed by atoms with van der Waals surface area (Å²) < 4.78 is 57.2. The first kappa shape index (κ1) is 34.0. The third-order valence-electron chi connectivity index (χ3n) is 8.66. The van der Waals surface area contributed by atoms with E-state index in [-0.39, 0.29) is 38.3 Å². The van der Waals surface area contributed by atoms with Crippen molar-refractivity contribution in [3.8, 4) is 0 Å². The molecule has 3 aliphatic rings. The molecule has 11 nitrogen and oxygen atoms in total. The summed E-state index contributed by atoms with van der Waals surface area (Å²) in [5, 5.41) is 16.2. The van der Waals surface area contributed by atoms with Gasteiger partial charge in [-0.1, -0.05) is 12.1 Å². The van der Waals surface area contributed by atoms with Gasteiger partial charge >= 0.3 is 11.9 Å². The second kappa shape index (κ2) is 13.4. The second-order valence-electron chi connectivity index (χ2n) is 12.2. The van der Waals surface area contributed by atoms with Crippen LogP contribution >= 0.6 is 11.3 Å². The molecule has 46 heavy (non-hydrogen) atoms. The van der Waals surface area contributed by atoms with E-state index in [2.05, 4.69) is 10.3 Å². The van der Waals surface area contributed by atoms with Crippen molar-refractivity contribution in [2.45, 2.75) is 64.3 Å². The molecule has 1 aromatic heterocycles. The monoisotopic (exact) mass is 665 g/mol. The number of methoxy groups -OCH3 is 1. The van der Waals surface area contributed by atoms with Crippen LogP contribution in [0.4, 0.5) is 13.2 Å². The molecule has 15 heteroatoms. The average molecular weight is 666 g/mol. The molecule has 5 rings (SSSR count). The number of hydrogen-bond acceptors (Lipinski definition) is 11. The van der Waals surface area contributed by atoms with Gasteiger partial charge in [0.1, 0.15) is 17.9 Å². The lowest BCUT2D eigenvalue weighted by atomic mass is 9.86. The minimum absolute atomic E-state index is 0.0547. The molecule has 250 valence electrons. The van der Waals surface area contributed by atoms with E-state index in [1.54, 1.807) is 50.2 Å². The highest BCUT2D eigenvalue weighted by molar-refractivity contribution is 7.11. The highest BCUT2D eigenvalue weighted by Gasteiger charge is 2.61. The van der Waals surface area contributed by atoms with Gasteiger partial charge in [-0.2, -0.15) is 5.06 Å². The summed E-state index contributed by atoms with van der Waals surface area (Å²) >= 11 is 1.30. The molecule has 0 radical (unpaired) electrons. The zero-order valence-corrected chi connectivity index (χ0v) is 27.1. The smallest absolute Gasteiger partial charge is 0.338 e. The number of nitrogens with zero attached hydrogens (tertiary/aromatic N) is 4. The highest BCUT2D eigenvalue weighted by Crippen LogP contribution is 2.42. The third-order valence-corrected chi connectivity index (χ3v) is 9.44. The van der Waals surface area contributed by atoms with Crippen LogP contribution in [-0.2, 0) is 23.9 Å². The molecule has 2 fully saturated rings. The summed E-state index contributed by atoms with van der Waals surface area (Å²) in [4.78, 5) is 41.7. The number of carbonyl (C=O) groups excluding carboxylic acids is 1. The number of benzene rings is 1. The Balaban J connectivity index is 1.48. The van der Waals surface area contributed by atoms with Crippen LogP contribution in [-0.4, -0.2) is 102 Å². The number of carboxylic acids is 1. The fraction of sp³-hybridized carbons (Fsp3) is 0.548. The standard InChI is InChI=1S/C31H38F3N5O6S/c1-6-44-28(40)23-21(36-26(27-35-10-11-46-27)37-24(23)19-8-7-9-20(32)17(19)2)14-38-16-31(33,34)25-22(38)15-45-39(25)13-18(43-5)12-30(3,4)29(41)42/h7-11,18,22,24-25H,6,12-16H2,1-5H3,(H,36,37)(H,41,42)/t18?,22-,24+,25+/m1/s1. The highest BCUT2D eigenvalue weighted by atomic mass is 32.1. The van der Waals surface area contributed by atoms with Crippen LogP contribution < -0.4 is 5.32 Å². The Morgan fingerprint density at radius 2 is 2.09 bits per heavy atom. The molecule has 0 aliphatic carbocycles. The summed E-state index contributed by atoms with van der Waals surface area (Å²) in [7, 11) is 1.41. The van der Waals surface area contributed by atoms with Gasteiger partial charge in [0, 0.05) is 30.9 Å². The number of esters is 1. The van der Waals surface area contributed by atoms with Crippen molar-refractivity contribution >= 4 is 29.1 Å². The number of thiazole rings is 1. The van der Waals surface area contributed by atoms with Crippen LogP contribution in [0.25, 0.3) is 0 Å². The summed E-state index contributed by atoms with van der Waals surface area (Å²) in [6, 6.07) is 1.42. The van der Waals surface area contributed by atoms with Crippen molar-refractivity contribution < 1.29 is 42.2 Å². The molecule has 4 atom stereocenters. The molecule has 2 N–H and O–H groups in total. The molecule has 3 aliphatic heterocycles. The van der Waals surface area contributed by atoms with Gasteiger partial charge in [0.2, 0.25) is 0 Å². The zero-order valence-electron chi connectivity index (χ0n) is 26.3. The van der Waals surface area contributed by atoms with Crippen LogP contribution in [0, 0.1) is 18.2 Å². The Hall–Kier alpha value is -3.37. The number of alkyl halides is 2. The Morgan fingerprint density at radius 1 is 1.33 bits per heavy atom. The molecule has 4 heterocycles. The molecule has 0 spiro atoms. The average Bonchev–Trinajstić information content (AvgIpc) is 3.73. The van der Waals surface area contributed by atoms with Gasteiger partial charge in [-0.25, -0.2) is 22.9 Å². The maximum Gasteiger partial charge on any atom is 0.338 e. The molecular formula is C31H38F3N5O6S. The zero-order chi connectivity index (χ0) is 33.4.